The number of hydrogen-bond donors (Lipinski definition) is 1. The van der Waals surface area contributed by atoms with E-state index in [1.165, 1.54) is 4.88 Å². The molecule has 1 aromatic heterocycles. The van der Waals surface area contributed by atoms with E-state index in [9.17, 15) is 4.79 Å². The normalized spacial score (nSPS) is 12.7. The van der Waals surface area contributed by atoms with E-state index in [0.29, 0.717) is 18.2 Å². The molecule has 0 aliphatic heterocycles. The van der Waals surface area contributed by atoms with Crippen molar-refractivity contribution in [2.75, 3.05) is 5.88 Å². The lowest BCUT2D eigenvalue weighted by Gasteiger charge is -2.19. The highest BCUT2D eigenvalue weighted by atomic mass is 35.5. The lowest BCUT2D eigenvalue weighted by Crippen LogP contribution is -2.39. The average Bonchev–Trinajstić information content (AvgIpc) is 2.78. The van der Waals surface area contributed by atoms with Gasteiger partial charge in [-0.1, -0.05) is 19.9 Å². The summed E-state index contributed by atoms with van der Waals surface area (Å²) >= 11 is 7.55. The maximum atomic E-state index is 11.7. The van der Waals surface area contributed by atoms with Gasteiger partial charge in [-0.2, -0.15) is 0 Å². The molecule has 1 rings (SSSR count). The Morgan fingerprint density at radius 3 is 2.82 bits per heavy atom. The van der Waals surface area contributed by atoms with Crippen LogP contribution in [0.3, 0.4) is 0 Å². The molecule has 0 bridgehead atoms. The average molecular weight is 274 g/mol. The number of thiophene rings is 1. The summed E-state index contributed by atoms with van der Waals surface area (Å²) in [6, 6.07) is 4.24. The first kappa shape index (κ1) is 14.5. The molecule has 0 spiro atoms. The van der Waals surface area contributed by atoms with Crippen molar-refractivity contribution in [2.24, 2.45) is 5.92 Å². The Bertz CT molecular complexity index is 324. The summed E-state index contributed by atoms with van der Waals surface area (Å²) in [6.07, 6.45) is 2.47. The Morgan fingerprint density at radius 2 is 2.29 bits per heavy atom. The van der Waals surface area contributed by atoms with Crippen molar-refractivity contribution in [3.05, 3.63) is 22.4 Å². The smallest absolute Gasteiger partial charge is 0.220 e. The third kappa shape index (κ3) is 5.55. The van der Waals surface area contributed by atoms with Gasteiger partial charge in [0.2, 0.25) is 5.91 Å². The predicted molar refractivity (Wildman–Crippen MR) is 74.7 cm³/mol. The van der Waals surface area contributed by atoms with Crippen molar-refractivity contribution < 1.29 is 4.79 Å². The Balaban J connectivity index is 2.20. The van der Waals surface area contributed by atoms with Gasteiger partial charge in [0.15, 0.2) is 0 Å². The molecule has 1 heterocycles. The number of alkyl halides is 1. The van der Waals surface area contributed by atoms with E-state index in [1.807, 2.05) is 6.07 Å². The molecule has 1 unspecified atom stereocenters. The van der Waals surface area contributed by atoms with Gasteiger partial charge in [0, 0.05) is 23.2 Å². The molecule has 0 aromatic carbocycles. The van der Waals surface area contributed by atoms with Crippen LogP contribution in [-0.4, -0.2) is 17.8 Å². The molecule has 0 saturated heterocycles. The molecule has 17 heavy (non-hydrogen) atoms. The molecule has 1 aromatic rings. The predicted octanol–water partition coefficient (Wildman–Crippen LogP) is 3.45. The van der Waals surface area contributed by atoms with E-state index >= 15 is 0 Å². The van der Waals surface area contributed by atoms with Crippen LogP contribution in [0.25, 0.3) is 0 Å². The lowest BCUT2D eigenvalue weighted by molar-refractivity contribution is -0.122. The van der Waals surface area contributed by atoms with E-state index in [-0.39, 0.29) is 11.9 Å². The number of aryl methyl sites for hydroxylation is 1. The molecule has 1 N–H and O–H groups in total. The van der Waals surface area contributed by atoms with Gasteiger partial charge in [0.1, 0.15) is 0 Å². The highest BCUT2D eigenvalue weighted by Crippen LogP contribution is 2.12. The summed E-state index contributed by atoms with van der Waals surface area (Å²) in [5, 5.41) is 5.05. The molecule has 2 nitrogen and oxygen atoms in total. The molecule has 1 amide bonds. The van der Waals surface area contributed by atoms with Crippen molar-refractivity contribution in [3.63, 3.8) is 0 Å². The molecule has 0 fully saturated rings. The first-order valence-corrected chi connectivity index (χ1v) is 7.42. The van der Waals surface area contributed by atoms with E-state index in [2.05, 4.69) is 30.6 Å². The molecule has 1 atom stereocenters. The SMILES string of the molecule is CC(C)C(CCl)NC(=O)CCCc1cccs1. The summed E-state index contributed by atoms with van der Waals surface area (Å²) in [7, 11) is 0. The highest BCUT2D eigenvalue weighted by molar-refractivity contribution is 7.09. The maximum absolute atomic E-state index is 11.7. The van der Waals surface area contributed by atoms with Crippen LogP contribution < -0.4 is 5.32 Å². The zero-order chi connectivity index (χ0) is 12.7. The summed E-state index contributed by atoms with van der Waals surface area (Å²) in [6.45, 7) is 4.14. The second kappa shape index (κ2) is 7.72. The molecule has 0 aliphatic rings. The Morgan fingerprint density at radius 1 is 1.53 bits per heavy atom. The van der Waals surface area contributed by atoms with E-state index in [1.54, 1.807) is 11.3 Å². The fourth-order valence-corrected chi connectivity index (χ4v) is 2.73. The Kier molecular flexibility index (Phi) is 6.60. The third-order valence-electron chi connectivity index (χ3n) is 2.72. The second-order valence-electron chi connectivity index (χ2n) is 4.51. The zero-order valence-electron chi connectivity index (χ0n) is 10.4. The Labute approximate surface area is 112 Å². The minimum absolute atomic E-state index is 0.0888. The fourth-order valence-electron chi connectivity index (χ4n) is 1.54. The van der Waals surface area contributed by atoms with Crippen LogP contribution in [0.15, 0.2) is 17.5 Å². The molecular formula is C13H20ClNOS. The first-order valence-electron chi connectivity index (χ1n) is 6.01. The number of carbonyl (C=O) groups is 1. The maximum Gasteiger partial charge on any atom is 0.220 e. The van der Waals surface area contributed by atoms with Crippen molar-refractivity contribution >= 4 is 28.8 Å². The van der Waals surface area contributed by atoms with Gasteiger partial charge in [-0.25, -0.2) is 0 Å². The molecule has 0 aliphatic carbocycles. The van der Waals surface area contributed by atoms with Crippen LogP contribution >= 0.6 is 22.9 Å². The van der Waals surface area contributed by atoms with Crippen molar-refractivity contribution in [1.29, 1.82) is 0 Å². The summed E-state index contributed by atoms with van der Waals surface area (Å²) in [4.78, 5) is 13.0. The molecule has 0 radical (unpaired) electrons. The molecule has 96 valence electrons. The van der Waals surface area contributed by atoms with Crippen LogP contribution in [0.2, 0.25) is 0 Å². The molecule has 4 heteroatoms. The zero-order valence-corrected chi connectivity index (χ0v) is 12.0. The minimum atomic E-state index is 0.0888. The lowest BCUT2D eigenvalue weighted by atomic mass is 10.1. The van der Waals surface area contributed by atoms with Crippen molar-refractivity contribution in [1.82, 2.24) is 5.32 Å². The summed E-state index contributed by atoms with van der Waals surface area (Å²) in [5.74, 6) is 0.976. The molecule has 0 saturated carbocycles. The largest absolute Gasteiger partial charge is 0.352 e. The standard InChI is InChI=1S/C13H20ClNOS/c1-10(2)12(9-14)15-13(16)7-3-5-11-6-4-8-17-11/h4,6,8,10,12H,3,5,7,9H2,1-2H3,(H,15,16). The summed E-state index contributed by atoms with van der Waals surface area (Å²) in [5.41, 5.74) is 0. The number of amides is 1. The number of carbonyl (C=O) groups excluding carboxylic acids is 1. The Hall–Kier alpha value is -0.540. The van der Waals surface area contributed by atoms with Crippen LogP contribution in [0.1, 0.15) is 31.6 Å². The van der Waals surface area contributed by atoms with Gasteiger partial charge in [-0.15, -0.1) is 22.9 Å². The fraction of sp³-hybridized carbons (Fsp3) is 0.615. The third-order valence-corrected chi connectivity index (χ3v) is 3.99. The molecular weight excluding hydrogens is 254 g/mol. The number of nitrogens with one attached hydrogen (secondary N) is 1. The van der Waals surface area contributed by atoms with Gasteiger partial charge >= 0.3 is 0 Å². The van der Waals surface area contributed by atoms with Crippen LogP contribution in [0.4, 0.5) is 0 Å². The number of halogens is 1. The second-order valence-corrected chi connectivity index (χ2v) is 5.85. The van der Waals surface area contributed by atoms with Crippen LogP contribution in [0, 0.1) is 5.92 Å². The van der Waals surface area contributed by atoms with Gasteiger partial charge < -0.3 is 5.32 Å². The van der Waals surface area contributed by atoms with Crippen LogP contribution in [-0.2, 0) is 11.2 Å². The first-order chi connectivity index (χ1) is 8.13. The van der Waals surface area contributed by atoms with E-state index < -0.39 is 0 Å². The van der Waals surface area contributed by atoms with Gasteiger partial charge in [0.25, 0.3) is 0 Å². The topological polar surface area (TPSA) is 29.1 Å². The van der Waals surface area contributed by atoms with Gasteiger partial charge in [-0.05, 0) is 30.2 Å². The highest BCUT2D eigenvalue weighted by Gasteiger charge is 2.14. The van der Waals surface area contributed by atoms with Crippen molar-refractivity contribution in [3.8, 4) is 0 Å². The quantitative estimate of drug-likeness (QED) is 0.758. The number of hydrogen-bond acceptors (Lipinski definition) is 2. The van der Waals surface area contributed by atoms with E-state index in [4.69, 9.17) is 11.6 Å². The van der Waals surface area contributed by atoms with Crippen LogP contribution in [0.5, 0.6) is 0 Å². The summed E-state index contributed by atoms with van der Waals surface area (Å²) < 4.78 is 0. The van der Waals surface area contributed by atoms with E-state index in [0.717, 1.165) is 12.8 Å². The van der Waals surface area contributed by atoms with Crippen molar-refractivity contribution in [2.45, 2.75) is 39.2 Å². The minimum Gasteiger partial charge on any atom is -0.352 e. The van der Waals surface area contributed by atoms with Gasteiger partial charge in [0.05, 0.1) is 0 Å². The monoisotopic (exact) mass is 273 g/mol. The van der Waals surface area contributed by atoms with Gasteiger partial charge in [-0.3, -0.25) is 4.79 Å². The number of rotatable bonds is 7.